The predicted octanol–water partition coefficient (Wildman–Crippen LogP) is 1.65. The van der Waals surface area contributed by atoms with Crippen LogP contribution in [0, 0.1) is 0 Å². The standard InChI is InChI=1S/C15H17N3O/c1-2-4-14-12(3-1)13(15-9-16-11-18(14)15)10-17-5-7-19-8-6-17/h1-4,9,11,13H,5-8,10H2. The van der Waals surface area contributed by atoms with Crippen LogP contribution in [0.4, 0.5) is 0 Å². The average molecular weight is 255 g/mol. The Morgan fingerprint density at radius 3 is 2.95 bits per heavy atom. The van der Waals surface area contributed by atoms with Gasteiger partial charge in [0.2, 0.25) is 0 Å². The van der Waals surface area contributed by atoms with Crippen molar-refractivity contribution in [3.63, 3.8) is 0 Å². The molecule has 1 atom stereocenters. The maximum atomic E-state index is 5.43. The average Bonchev–Trinajstić information content (AvgIpc) is 3.04. The third kappa shape index (κ3) is 1.79. The van der Waals surface area contributed by atoms with Crippen molar-refractivity contribution < 1.29 is 4.74 Å². The second-order valence-electron chi connectivity index (χ2n) is 5.21. The predicted molar refractivity (Wildman–Crippen MR) is 72.7 cm³/mol. The zero-order valence-electron chi connectivity index (χ0n) is 10.8. The van der Waals surface area contributed by atoms with E-state index >= 15 is 0 Å². The minimum Gasteiger partial charge on any atom is -0.379 e. The van der Waals surface area contributed by atoms with E-state index in [0.29, 0.717) is 5.92 Å². The molecule has 4 nitrogen and oxygen atoms in total. The van der Waals surface area contributed by atoms with Crippen molar-refractivity contribution >= 4 is 0 Å². The lowest BCUT2D eigenvalue weighted by Gasteiger charge is -2.29. The monoisotopic (exact) mass is 255 g/mol. The fraction of sp³-hybridized carbons (Fsp3) is 0.400. The number of hydrogen-bond acceptors (Lipinski definition) is 3. The molecule has 4 rings (SSSR count). The lowest BCUT2D eigenvalue weighted by Crippen LogP contribution is -2.38. The van der Waals surface area contributed by atoms with Gasteiger partial charge >= 0.3 is 0 Å². The van der Waals surface area contributed by atoms with Crippen molar-refractivity contribution in [3.8, 4) is 5.69 Å². The summed E-state index contributed by atoms with van der Waals surface area (Å²) in [5.41, 5.74) is 4.02. The lowest BCUT2D eigenvalue weighted by atomic mass is 9.97. The molecular formula is C15H17N3O. The molecule has 0 saturated carbocycles. The van der Waals surface area contributed by atoms with Crippen LogP contribution in [0.5, 0.6) is 0 Å². The van der Waals surface area contributed by atoms with E-state index in [4.69, 9.17) is 4.74 Å². The highest BCUT2D eigenvalue weighted by molar-refractivity contribution is 5.53. The first kappa shape index (κ1) is 11.2. The van der Waals surface area contributed by atoms with E-state index in [-0.39, 0.29) is 0 Å². The molecule has 1 fully saturated rings. The Bertz CT molecular complexity index is 587. The molecule has 1 aromatic heterocycles. The van der Waals surface area contributed by atoms with E-state index < -0.39 is 0 Å². The molecule has 0 amide bonds. The van der Waals surface area contributed by atoms with Gasteiger partial charge < -0.3 is 9.30 Å². The van der Waals surface area contributed by atoms with Gasteiger partial charge in [0.05, 0.1) is 30.9 Å². The van der Waals surface area contributed by atoms with Crippen molar-refractivity contribution in [2.24, 2.45) is 0 Å². The maximum absolute atomic E-state index is 5.43. The first-order valence-corrected chi connectivity index (χ1v) is 6.85. The molecule has 1 saturated heterocycles. The Labute approximate surface area is 112 Å². The summed E-state index contributed by atoms with van der Waals surface area (Å²) in [7, 11) is 0. The number of para-hydroxylation sites is 1. The number of aromatic nitrogens is 2. The minimum absolute atomic E-state index is 0.441. The van der Waals surface area contributed by atoms with Gasteiger partial charge in [-0.1, -0.05) is 18.2 Å². The largest absolute Gasteiger partial charge is 0.379 e. The molecule has 1 aromatic carbocycles. The van der Waals surface area contributed by atoms with Crippen LogP contribution in [0.1, 0.15) is 17.2 Å². The van der Waals surface area contributed by atoms with Crippen molar-refractivity contribution in [1.82, 2.24) is 14.5 Å². The van der Waals surface area contributed by atoms with Gasteiger partial charge in [0.15, 0.2) is 0 Å². The highest BCUT2D eigenvalue weighted by Crippen LogP contribution is 2.37. The molecule has 98 valence electrons. The third-order valence-electron chi connectivity index (χ3n) is 4.14. The molecule has 0 bridgehead atoms. The Morgan fingerprint density at radius 1 is 1.21 bits per heavy atom. The third-order valence-corrected chi connectivity index (χ3v) is 4.14. The summed E-state index contributed by atoms with van der Waals surface area (Å²) >= 11 is 0. The summed E-state index contributed by atoms with van der Waals surface area (Å²) < 4.78 is 7.65. The van der Waals surface area contributed by atoms with E-state index in [1.807, 2.05) is 12.5 Å². The normalized spacial score (nSPS) is 22.2. The Kier molecular flexibility index (Phi) is 2.64. The zero-order valence-corrected chi connectivity index (χ0v) is 10.8. The second kappa shape index (κ2) is 4.47. The summed E-state index contributed by atoms with van der Waals surface area (Å²) in [6.45, 7) is 4.84. The molecule has 0 N–H and O–H groups in total. The number of ether oxygens (including phenoxy) is 1. The smallest absolute Gasteiger partial charge is 0.0994 e. The van der Waals surface area contributed by atoms with Gasteiger partial charge in [-0.05, 0) is 11.6 Å². The van der Waals surface area contributed by atoms with Gasteiger partial charge in [-0.15, -0.1) is 0 Å². The minimum atomic E-state index is 0.441. The fourth-order valence-corrected chi connectivity index (χ4v) is 3.16. The van der Waals surface area contributed by atoms with Crippen molar-refractivity contribution in [3.05, 3.63) is 48.0 Å². The lowest BCUT2D eigenvalue weighted by molar-refractivity contribution is 0.0365. The maximum Gasteiger partial charge on any atom is 0.0994 e. The molecule has 0 spiro atoms. The van der Waals surface area contributed by atoms with Gasteiger partial charge in [0, 0.05) is 31.7 Å². The van der Waals surface area contributed by atoms with Gasteiger partial charge in [-0.3, -0.25) is 4.90 Å². The van der Waals surface area contributed by atoms with E-state index in [1.54, 1.807) is 0 Å². The number of rotatable bonds is 2. The highest BCUT2D eigenvalue weighted by Gasteiger charge is 2.30. The second-order valence-corrected chi connectivity index (χ2v) is 5.21. The molecule has 1 unspecified atom stereocenters. The summed E-state index contributed by atoms with van der Waals surface area (Å²) in [6, 6.07) is 8.65. The van der Waals surface area contributed by atoms with Gasteiger partial charge in [0.25, 0.3) is 0 Å². The fourth-order valence-electron chi connectivity index (χ4n) is 3.16. The van der Waals surface area contributed by atoms with Crippen molar-refractivity contribution in [2.75, 3.05) is 32.8 Å². The molecule has 19 heavy (non-hydrogen) atoms. The molecule has 0 radical (unpaired) electrons. The van der Waals surface area contributed by atoms with Crippen LogP contribution in [0.2, 0.25) is 0 Å². The van der Waals surface area contributed by atoms with Crippen LogP contribution in [-0.2, 0) is 4.74 Å². The van der Waals surface area contributed by atoms with E-state index in [0.717, 1.165) is 32.8 Å². The molecule has 2 aliphatic heterocycles. The molecule has 0 aliphatic carbocycles. The van der Waals surface area contributed by atoms with Crippen LogP contribution in [-0.4, -0.2) is 47.3 Å². The van der Waals surface area contributed by atoms with E-state index in [2.05, 4.69) is 38.7 Å². The Balaban J connectivity index is 1.68. The zero-order chi connectivity index (χ0) is 12.7. The summed E-state index contributed by atoms with van der Waals surface area (Å²) in [6.07, 6.45) is 3.93. The van der Waals surface area contributed by atoms with Gasteiger partial charge in [-0.25, -0.2) is 4.98 Å². The highest BCUT2D eigenvalue weighted by atomic mass is 16.5. The molecule has 2 aliphatic rings. The number of morpholine rings is 1. The molecule has 4 heteroatoms. The summed E-state index contributed by atoms with van der Waals surface area (Å²) in [4.78, 5) is 6.80. The van der Waals surface area contributed by atoms with Gasteiger partial charge in [0.1, 0.15) is 0 Å². The Morgan fingerprint density at radius 2 is 2.05 bits per heavy atom. The summed E-state index contributed by atoms with van der Waals surface area (Å²) in [5.74, 6) is 0.441. The van der Waals surface area contributed by atoms with E-state index in [1.165, 1.54) is 16.9 Å². The number of fused-ring (bicyclic) bond motifs is 3. The molecule has 3 heterocycles. The number of hydrogen-bond donors (Lipinski definition) is 0. The van der Waals surface area contributed by atoms with Crippen LogP contribution in [0.3, 0.4) is 0 Å². The number of imidazole rings is 1. The Hall–Kier alpha value is -1.65. The van der Waals surface area contributed by atoms with Crippen LogP contribution >= 0.6 is 0 Å². The van der Waals surface area contributed by atoms with Crippen molar-refractivity contribution in [1.29, 1.82) is 0 Å². The molecule has 2 aromatic rings. The number of nitrogens with zero attached hydrogens (tertiary/aromatic N) is 3. The molecular weight excluding hydrogens is 238 g/mol. The van der Waals surface area contributed by atoms with E-state index in [9.17, 15) is 0 Å². The van der Waals surface area contributed by atoms with Crippen LogP contribution in [0.25, 0.3) is 5.69 Å². The topological polar surface area (TPSA) is 30.3 Å². The van der Waals surface area contributed by atoms with Gasteiger partial charge in [-0.2, -0.15) is 0 Å². The van der Waals surface area contributed by atoms with Crippen LogP contribution in [0.15, 0.2) is 36.8 Å². The number of benzene rings is 1. The summed E-state index contributed by atoms with van der Waals surface area (Å²) in [5, 5.41) is 0. The van der Waals surface area contributed by atoms with Crippen molar-refractivity contribution in [2.45, 2.75) is 5.92 Å². The van der Waals surface area contributed by atoms with Crippen LogP contribution < -0.4 is 0 Å². The SMILES string of the molecule is c1ccc2c(c1)C(CN1CCOCC1)c1cncn1-2. The quantitative estimate of drug-likeness (QED) is 0.817. The first-order chi connectivity index (χ1) is 9.43. The first-order valence-electron chi connectivity index (χ1n) is 6.85.